The average Bonchev–Trinajstić information content (AvgIpc) is 2.46. The summed E-state index contributed by atoms with van der Waals surface area (Å²) >= 11 is 0. The predicted molar refractivity (Wildman–Crippen MR) is 80.8 cm³/mol. The van der Waals surface area contributed by atoms with Crippen molar-refractivity contribution in [3.05, 3.63) is 23.8 Å². The maximum atomic E-state index is 12.3. The number of benzene rings is 1. The zero-order chi connectivity index (χ0) is 15.9. The Bertz CT molecular complexity index is 578. The van der Waals surface area contributed by atoms with Gasteiger partial charge < -0.3 is 9.84 Å². The zero-order valence-corrected chi connectivity index (χ0v) is 13.3. The van der Waals surface area contributed by atoms with Gasteiger partial charge in [-0.3, -0.25) is 0 Å². The number of sulfone groups is 1. The molecule has 1 N–H and O–H groups in total. The third-order valence-electron chi connectivity index (χ3n) is 3.26. The zero-order valence-electron chi connectivity index (χ0n) is 12.5. The summed E-state index contributed by atoms with van der Waals surface area (Å²) in [7, 11) is -2.16. The molecule has 0 saturated heterocycles. The number of unbranched alkanes of at least 4 members (excludes halogenated alkanes) is 4. The first-order chi connectivity index (χ1) is 9.92. The van der Waals surface area contributed by atoms with E-state index in [9.17, 15) is 13.2 Å². The molecule has 5 nitrogen and oxygen atoms in total. The van der Waals surface area contributed by atoms with Crippen molar-refractivity contribution >= 4 is 15.8 Å². The van der Waals surface area contributed by atoms with Gasteiger partial charge in [-0.1, -0.05) is 32.6 Å². The maximum Gasteiger partial charge on any atom is 0.335 e. The van der Waals surface area contributed by atoms with Crippen LogP contribution in [0.5, 0.6) is 5.75 Å². The summed E-state index contributed by atoms with van der Waals surface area (Å²) in [4.78, 5) is 10.9. The number of ether oxygens (including phenoxy) is 1. The van der Waals surface area contributed by atoms with Gasteiger partial charge in [0.2, 0.25) is 0 Å². The van der Waals surface area contributed by atoms with Gasteiger partial charge in [0.1, 0.15) is 10.6 Å². The molecule has 0 fully saturated rings. The summed E-state index contributed by atoms with van der Waals surface area (Å²) in [6, 6.07) is 3.89. The minimum Gasteiger partial charge on any atom is -0.495 e. The van der Waals surface area contributed by atoms with Crippen molar-refractivity contribution < 1.29 is 23.1 Å². The Morgan fingerprint density at radius 1 is 1.19 bits per heavy atom. The highest BCUT2D eigenvalue weighted by Gasteiger charge is 2.21. The lowest BCUT2D eigenvalue weighted by molar-refractivity contribution is 0.0696. The molecule has 21 heavy (non-hydrogen) atoms. The van der Waals surface area contributed by atoms with Crippen LogP contribution in [-0.4, -0.2) is 32.4 Å². The fourth-order valence-electron chi connectivity index (χ4n) is 2.06. The summed E-state index contributed by atoms with van der Waals surface area (Å²) in [5.41, 5.74) is -0.0552. The minimum absolute atomic E-state index is 0.0101. The Morgan fingerprint density at radius 3 is 2.43 bits per heavy atom. The molecule has 118 valence electrons. The van der Waals surface area contributed by atoms with Crippen LogP contribution in [0.25, 0.3) is 0 Å². The van der Waals surface area contributed by atoms with E-state index in [1.807, 2.05) is 0 Å². The lowest BCUT2D eigenvalue weighted by atomic mass is 10.2. The number of carboxylic acid groups (broad SMARTS) is 1. The van der Waals surface area contributed by atoms with E-state index < -0.39 is 15.8 Å². The van der Waals surface area contributed by atoms with E-state index in [2.05, 4.69) is 6.92 Å². The molecule has 6 heteroatoms. The van der Waals surface area contributed by atoms with Crippen LogP contribution >= 0.6 is 0 Å². The normalized spacial score (nSPS) is 11.3. The number of rotatable bonds is 9. The average molecular weight is 314 g/mol. The van der Waals surface area contributed by atoms with Gasteiger partial charge in [-0.25, -0.2) is 13.2 Å². The molecule has 0 aromatic heterocycles. The monoisotopic (exact) mass is 314 g/mol. The molecule has 0 aliphatic rings. The first-order valence-electron chi connectivity index (χ1n) is 7.06. The molecule has 1 aromatic carbocycles. The quantitative estimate of drug-likeness (QED) is 0.708. The summed E-state index contributed by atoms with van der Waals surface area (Å²) in [5, 5.41) is 8.98. The summed E-state index contributed by atoms with van der Waals surface area (Å²) < 4.78 is 29.7. The molecule has 0 bridgehead atoms. The van der Waals surface area contributed by atoms with E-state index in [1.165, 1.54) is 25.3 Å². The number of methoxy groups -OCH3 is 1. The predicted octanol–water partition coefficient (Wildman–Crippen LogP) is 3.14. The number of hydrogen-bond donors (Lipinski definition) is 1. The topological polar surface area (TPSA) is 80.7 Å². The highest BCUT2D eigenvalue weighted by atomic mass is 32.2. The summed E-state index contributed by atoms with van der Waals surface area (Å²) in [6.07, 6.45) is 4.63. The maximum absolute atomic E-state index is 12.3. The molecular weight excluding hydrogens is 292 g/mol. The van der Waals surface area contributed by atoms with Gasteiger partial charge in [-0.15, -0.1) is 0 Å². The molecule has 0 atom stereocenters. The van der Waals surface area contributed by atoms with E-state index >= 15 is 0 Å². The van der Waals surface area contributed by atoms with Crippen molar-refractivity contribution in [3.63, 3.8) is 0 Å². The second-order valence-electron chi connectivity index (χ2n) is 4.90. The van der Waals surface area contributed by atoms with Crippen LogP contribution in [0.4, 0.5) is 0 Å². The van der Waals surface area contributed by atoms with Gasteiger partial charge in [0.15, 0.2) is 9.84 Å². The molecule has 0 saturated carbocycles. The van der Waals surface area contributed by atoms with Crippen LogP contribution < -0.4 is 4.74 Å². The molecule has 0 spiro atoms. The summed E-state index contributed by atoms with van der Waals surface area (Å²) in [6.45, 7) is 2.10. The molecule has 0 radical (unpaired) electrons. The number of carbonyl (C=O) groups is 1. The largest absolute Gasteiger partial charge is 0.495 e. The number of hydrogen-bond acceptors (Lipinski definition) is 4. The molecule has 0 amide bonds. The molecule has 1 rings (SSSR count). The lowest BCUT2D eigenvalue weighted by Gasteiger charge is -2.10. The Kier molecular flexibility index (Phi) is 6.68. The Morgan fingerprint density at radius 2 is 1.86 bits per heavy atom. The first kappa shape index (κ1) is 17.5. The second kappa shape index (κ2) is 8.02. The van der Waals surface area contributed by atoms with Crippen LogP contribution in [0.2, 0.25) is 0 Å². The van der Waals surface area contributed by atoms with Crippen molar-refractivity contribution in [1.82, 2.24) is 0 Å². The van der Waals surface area contributed by atoms with Crippen molar-refractivity contribution in [2.45, 2.75) is 43.9 Å². The Labute approximate surface area is 125 Å². The minimum atomic E-state index is -3.53. The fraction of sp³-hybridized carbons (Fsp3) is 0.533. The van der Waals surface area contributed by atoms with Gasteiger partial charge in [-0.2, -0.15) is 0 Å². The van der Waals surface area contributed by atoms with Crippen LogP contribution in [0.3, 0.4) is 0 Å². The van der Waals surface area contributed by atoms with Gasteiger partial charge in [0.25, 0.3) is 0 Å². The molecule has 0 aliphatic carbocycles. The third kappa shape index (κ3) is 5.04. The summed E-state index contributed by atoms with van der Waals surface area (Å²) in [5.74, 6) is -0.957. The van der Waals surface area contributed by atoms with Crippen molar-refractivity contribution in [2.75, 3.05) is 12.9 Å². The molecular formula is C15H22O5S. The molecule has 0 unspecified atom stereocenters. The molecule has 1 aromatic rings. The van der Waals surface area contributed by atoms with Crippen LogP contribution in [0, 0.1) is 0 Å². The highest BCUT2D eigenvalue weighted by molar-refractivity contribution is 7.91. The third-order valence-corrected chi connectivity index (χ3v) is 5.08. The smallest absolute Gasteiger partial charge is 0.335 e. The van der Waals surface area contributed by atoms with Crippen LogP contribution in [0.15, 0.2) is 23.1 Å². The van der Waals surface area contributed by atoms with Gasteiger partial charge in [0.05, 0.1) is 18.4 Å². The van der Waals surface area contributed by atoms with E-state index in [0.29, 0.717) is 6.42 Å². The van der Waals surface area contributed by atoms with E-state index in [1.54, 1.807) is 0 Å². The first-order valence-corrected chi connectivity index (χ1v) is 8.71. The van der Waals surface area contributed by atoms with Crippen molar-refractivity contribution in [2.24, 2.45) is 0 Å². The molecule has 0 aliphatic heterocycles. The van der Waals surface area contributed by atoms with Crippen molar-refractivity contribution in [1.29, 1.82) is 0 Å². The highest BCUT2D eigenvalue weighted by Crippen LogP contribution is 2.26. The van der Waals surface area contributed by atoms with Crippen LogP contribution in [-0.2, 0) is 9.84 Å². The van der Waals surface area contributed by atoms with E-state index in [4.69, 9.17) is 9.84 Å². The van der Waals surface area contributed by atoms with Gasteiger partial charge >= 0.3 is 5.97 Å². The second-order valence-corrected chi connectivity index (χ2v) is 6.98. The Balaban J connectivity index is 2.90. The standard InChI is InChI=1S/C15H22O5S/c1-3-4-5-6-7-10-21(18,19)14-11-12(15(16)17)8-9-13(14)20-2/h8-9,11H,3-7,10H2,1-2H3,(H,16,17). The van der Waals surface area contributed by atoms with Crippen molar-refractivity contribution in [3.8, 4) is 5.75 Å². The van der Waals surface area contributed by atoms with Crippen LogP contribution in [0.1, 0.15) is 49.4 Å². The van der Waals surface area contributed by atoms with E-state index in [0.717, 1.165) is 25.7 Å². The van der Waals surface area contributed by atoms with E-state index in [-0.39, 0.29) is 22.0 Å². The fourth-order valence-corrected chi connectivity index (χ4v) is 3.63. The van der Waals surface area contributed by atoms with Gasteiger partial charge in [0, 0.05) is 0 Å². The van der Waals surface area contributed by atoms with Gasteiger partial charge in [-0.05, 0) is 24.6 Å². The Hall–Kier alpha value is -1.56. The number of aromatic carboxylic acids is 1. The number of carboxylic acids is 1. The lowest BCUT2D eigenvalue weighted by Crippen LogP contribution is -2.10. The molecule has 0 heterocycles. The SMILES string of the molecule is CCCCCCCS(=O)(=O)c1cc(C(=O)O)ccc1OC.